The van der Waals surface area contributed by atoms with Gasteiger partial charge in [-0.3, -0.25) is 4.79 Å². The van der Waals surface area contributed by atoms with Crippen LogP contribution in [-0.4, -0.2) is 4.98 Å². The quantitative estimate of drug-likeness (QED) is 0.759. The number of pyridine rings is 1. The van der Waals surface area contributed by atoms with E-state index in [1.165, 1.54) is 88.2 Å². The highest BCUT2D eigenvalue weighted by Crippen LogP contribution is 2.62. The first-order valence-electron chi connectivity index (χ1n) is 11.8. The van der Waals surface area contributed by atoms with E-state index < -0.39 is 0 Å². The van der Waals surface area contributed by atoms with E-state index in [1.54, 1.807) is 0 Å². The van der Waals surface area contributed by atoms with Gasteiger partial charge in [0.1, 0.15) is 0 Å². The summed E-state index contributed by atoms with van der Waals surface area (Å²) in [6.07, 6.45) is 19.0. The average molecular weight is 364 g/mol. The van der Waals surface area contributed by atoms with Gasteiger partial charge in [-0.1, -0.05) is 0 Å². The van der Waals surface area contributed by atoms with E-state index in [4.69, 9.17) is 0 Å². The third-order valence-corrected chi connectivity index (χ3v) is 10.2. The maximum atomic E-state index is 13.1. The number of nitrogens with one attached hydrogen (secondary N) is 1. The number of rotatable bonds is 2. The van der Waals surface area contributed by atoms with E-state index >= 15 is 0 Å². The molecule has 27 heavy (non-hydrogen) atoms. The van der Waals surface area contributed by atoms with Crippen molar-refractivity contribution in [3.8, 4) is 0 Å². The molecule has 144 valence electrons. The second-order valence-corrected chi connectivity index (χ2v) is 12.0. The zero-order chi connectivity index (χ0) is 17.8. The van der Waals surface area contributed by atoms with Crippen LogP contribution in [0.15, 0.2) is 17.1 Å². The maximum absolute atomic E-state index is 13.1. The Hall–Kier alpha value is -1.05. The molecule has 8 fully saturated rings. The van der Waals surface area contributed by atoms with Crippen molar-refractivity contribution in [3.05, 3.63) is 33.7 Å². The van der Waals surface area contributed by atoms with Crippen LogP contribution in [0.1, 0.15) is 88.2 Å². The first kappa shape index (κ1) is 15.8. The minimum Gasteiger partial charge on any atom is -0.329 e. The largest absolute Gasteiger partial charge is 0.329 e. The Morgan fingerprint density at radius 2 is 1.07 bits per heavy atom. The van der Waals surface area contributed by atoms with Gasteiger partial charge in [0.15, 0.2) is 0 Å². The smallest absolute Gasteiger partial charge is 0.251 e. The van der Waals surface area contributed by atoms with Crippen molar-refractivity contribution in [2.24, 2.45) is 35.5 Å². The molecule has 9 rings (SSSR count). The third kappa shape index (κ3) is 2.16. The summed E-state index contributed by atoms with van der Waals surface area (Å²) in [7, 11) is 0. The zero-order valence-corrected chi connectivity index (χ0v) is 16.5. The highest BCUT2D eigenvalue weighted by Gasteiger charge is 2.54. The highest BCUT2D eigenvalue weighted by atomic mass is 16.1. The van der Waals surface area contributed by atoms with Gasteiger partial charge in [0.05, 0.1) is 0 Å². The first-order valence-corrected chi connectivity index (χ1v) is 11.8. The molecule has 2 nitrogen and oxygen atoms in total. The van der Waals surface area contributed by atoms with E-state index in [9.17, 15) is 4.79 Å². The number of H-pyrrole nitrogens is 1. The van der Waals surface area contributed by atoms with Gasteiger partial charge < -0.3 is 4.98 Å². The molecule has 0 atom stereocenters. The lowest BCUT2D eigenvalue weighted by atomic mass is 9.47. The van der Waals surface area contributed by atoms with E-state index in [2.05, 4.69) is 17.2 Å². The molecule has 1 aromatic rings. The van der Waals surface area contributed by atoms with Crippen molar-refractivity contribution in [3.63, 3.8) is 0 Å². The second kappa shape index (κ2) is 5.10. The van der Waals surface area contributed by atoms with Crippen molar-refractivity contribution in [2.45, 2.75) is 87.9 Å². The maximum Gasteiger partial charge on any atom is 0.251 e. The molecule has 0 aromatic carbocycles. The molecule has 8 aliphatic rings. The van der Waals surface area contributed by atoms with Gasteiger partial charge in [0, 0.05) is 17.2 Å². The van der Waals surface area contributed by atoms with E-state index in [0.717, 1.165) is 35.5 Å². The Balaban J connectivity index is 1.32. The van der Waals surface area contributed by atoms with Crippen molar-refractivity contribution < 1.29 is 0 Å². The topological polar surface area (TPSA) is 32.9 Å². The summed E-state index contributed by atoms with van der Waals surface area (Å²) >= 11 is 0. The van der Waals surface area contributed by atoms with Crippen LogP contribution >= 0.6 is 0 Å². The zero-order valence-electron chi connectivity index (χ0n) is 16.5. The molecule has 1 N–H and O–H groups in total. The Bertz CT molecular complexity index is 778. The van der Waals surface area contributed by atoms with Crippen LogP contribution < -0.4 is 5.56 Å². The lowest BCUT2D eigenvalue weighted by Crippen LogP contribution is -2.51. The minimum absolute atomic E-state index is 0.223. The average Bonchev–Trinajstić information content (AvgIpc) is 2.59. The molecule has 0 aliphatic heterocycles. The SMILES string of the molecule is O=c1[nH]cc(C23CC4CC(CC(C4)C2)C3)cc1C12CC3CC(CC(C3)C1)C2. The molecule has 8 saturated carbocycles. The fourth-order valence-corrected chi connectivity index (χ4v) is 10.1. The van der Waals surface area contributed by atoms with Gasteiger partial charge in [-0.2, -0.15) is 0 Å². The molecule has 1 aromatic heterocycles. The monoisotopic (exact) mass is 363 g/mol. The standard InChI is InChI=1S/C25H33NO/c27-23-22(25-11-18-4-19(12-25)6-20(5-18)13-25)7-21(14-26-23)24-8-15-1-16(9-24)3-17(2-15)10-24/h7,14-20H,1-6,8-13H2,(H,26,27). The summed E-state index contributed by atoms with van der Waals surface area (Å²) in [5.74, 6) is 5.60. The van der Waals surface area contributed by atoms with E-state index in [0.29, 0.717) is 5.41 Å². The minimum atomic E-state index is 0.223. The molecule has 0 amide bonds. The van der Waals surface area contributed by atoms with Crippen molar-refractivity contribution in [1.29, 1.82) is 0 Å². The van der Waals surface area contributed by atoms with Crippen molar-refractivity contribution in [1.82, 2.24) is 4.98 Å². The van der Waals surface area contributed by atoms with Crippen LogP contribution in [0.5, 0.6) is 0 Å². The second-order valence-electron chi connectivity index (χ2n) is 12.0. The van der Waals surface area contributed by atoms with Crippen molar-refractivity contribution in [2.75, 3.05) is 0 Å². The normalized spacial score (nSPS) is 51.9. The molecule has 0 spiro atoms. The summed E-state index contributed by atoms with van der Waals surface area (Å²) in [6, 6.07) is 2.46. The molecule has 1 heterocycles. The molecule has 0 saturated heterocycles. The van der Waals surface area contributed by atoms with Crippen LogP contribution in [0.4, 0.5) is 0 Å². The fourth-order valence-electron chi connectivity index (χ4n) is 10.1. The van der Waals surface area contributed by atoms with Crippen LogP contribution in [0.2, 0.25) is 0 Å². The van der Waals surface area contributed by atoms with Crippen LogP contribution in [-0.2, 0) is 10.8 Å². The van der Waals surface area contributed by atoms with Crippen molar-refractivity contribution >= 4 is 0 Å². The summed E-state index contributed by atoms with van der Waals surface area (Å²) < 4.78 is 0. The van der Waals surface area contributed by atoms with Gasteiger partial charge in [-0.05, 0) is 130 Å². The summed E-state index contributed by atoms with van der Waals surface area (Å²) in [4.78, 5) is 16.3. The Morgan fingerprint density at radius 3 is 1.52 bits per heavy atom. The highest BCUT2D eigenvalue weighted by molar-refractivity contribution is 5.35. The van der Waals surface area contributed by atoms with Crippen LogP contribution in [0.25, 0.3) is 0 Å². The molecule has 8 aliphatic carbocycles. The lowest BCUT2D eigenvalue weighted by molar-refractivity contribution is -0.00901. The van der Waals surface area contributed by atoms with E-state index in [1.807, 2.05) is 0 Å². The van der Waals surface area contributed by atoms with Crippen LogP contribution in [0.3, 0.4) is 0 Å². The fraction of sp³-hybridized carbons (Fsp3) is 0.800. The number of hydrogen-bond donors (Lipinski definition) is 1. The molecule has 0 radical (unpaired) electrons. The van der Waals surface area contributed by atoms with E-state index in [-0.39, 0.29) is 11.0 Å². The Labute approximate surface area is 162 Å². The third-order valence-electron chi connectivity index (χ3n) is 10.2. The van der Waals surface area contributed by atoms with Gasteiger partial charge in [-0.25, -0.2) is 0 Å². The van der Waals surface area contributed by atoms with Gasteiger partial charge in [-0.15, -0.1) is 0 Å². The Morgan fingerprint density at radius 1 is 0.667 bits per heavy atom. The number of aromatic amines is 1. The molecule has 0 unspecified atom stereocenters. The molecule has 8 bridgehead atoms. The van der Waals surface area contributed by atoms with Gasteiger partial charge >= 0.3 is 0 Å². The first-order chi connectivity index (χ1) is 13.1. The number of aromatic nitrogens is 1. The molecule has 2 heteroatoms. The predicted octanol–water partition coefficient (Wildman–Crippen LogP) is 5.31. The Kier molecular flexibility index (Phi) is 2.99. The molecular formula is C25H33NO. The number of hydrogen-bond acceptors (Lipinski definition) is 1. The predicted molar refractivity (Wildman–Crippen MR) is 107 cm³/mol. The molecular weight excluding hydrogens is 330 g/mol. The lowest BCUT2D eigenvalue weighted by Gasteiger charge is -2.58. The summed E-state index contributed by atoms with van der Waals surface area (Å²) in [5.41, 5.74) is 3.59. The van der Waals surface area contributed by atoms with Gasteiger partial charge in [0.25, 0.3) is 5.56 Å². The summed E-state index contributed by atoms with van der Waals surface area (Å²) in [5, 5.41) is 0. The van der Waals surface area contributed by atoms with Gasteiger partial charge in [0.2, 0.25) is 0 Å². The summed E-state index contributed by atoms with van der Waals surface area (Å²) in [6.45, 7) is 0. The van der Waals surface area contributed by atoms with Crippen LogP contribution in [0, 0.1) is 35.5 Å².